The predicted molar refractivity (Wildman–Crippen MR) is 162 cm³/mol. The second kappa shape index (κ2) is 13.8. The number of hydrogen-bond donors (Lipinski definition) is 0. The molecule has 1 saturated heterocycles. The topological polar surface area (TPSA) is 44.6 Å². The van der Waals surface area contributed by atoms with Crippen LogP contribution in [0.5, 0.6) is 0 Å². The summed E-state index contributed by atoms with van der Waals surface area (Å²) in [5.41, 5.74) is 5.27. The minimum atomic E-state index is 0.104. The highest BCUT2D eigenvalue weighted by molar-refractivity contribution is 5.94. The van der Waals surface area contributed by atoms with Crippen LogP contribution in [-0.4, -0.2) is 65.3 Å². The van der Waals surface area contributed by atoms with Gasteiger partial charge in [-0.3, -0.25) is 4.79 Å². The van der Waals surface area contributed by atoms with E-state index in [1.807, 2.05) is 23.1 Å². The van der Waals surface area contributed by atoms with Crippen molar-refractivity contribution < 1.29 is 4.79 Å². The summed E-state index contributed by atoms with van der Waals surface area (Å²) in [5, 5.41) is 5.03. The first-order valence-electron chi connectivity index (χ1n) is 14.8. The van der Waals surface area contributed by atoms with Crippen LogP contribution in [0.3, 0.4) is 0 Å². The van der Waals surface area contributed by atoms with E-state index in [1.54, 1.807) is 0 Å². The Hall–Kier alpha value is -3.12. The van der Waals surface area contributed by atoms with E-state index in [2.05, 4.69) is 85.6 Å². The lowest BCUT2D eigenvalue weighted by Gasteiger charge is -2.35. The van der Waals surface area contributed by atoms with Crippen LogP contribution in [-0.2, 0) is 13.0 Å². The molecule has 3 aromatic rings. The van der Waals surface area contributed by atoms with Crippen molar-refractivity contribution in [2.45, 2.75) is 66.3 Å². The van der Waals surface area contributed by atoms with Gasteiger partial charge in [0.25, 0.3) is 5.91 Å². The molecule has 0 bridgehead atoms. The van der Waals surface area contributed by atoms with Crippen LogP contribution in [0, 0.1) is 12.8 Å². The fraction of sp³-hybridized carbons (Fsp3) is 0.515. The minimum Gasteiger partial charge on any atom is -0.354 e. The largest absolute Gasteiger partial charge is 0.354 e. The van der Waals surface area contributed by atoms with Gasteiger partial charge in [-0.15, -0.1) is 0 Å². The van der Waals surface area contributed by atoms with Crippen molar-refractivity contribution in [3.63, 3.8) is 0 Å². The number of likely N-dealkylation sites (N-methyl/N-ethyl adjacent to an activating group) is 1. The molecule has 1 amide bonds. The standard InChI is InChI=1S/C33H47N5O/c1-6-7-9-12-28-15-17-29(18-16-28)33(39)37(20-19-26(2)3)25-31-27(4)34-38(30-13-10-8-11-14-30)32(31)36-23-21-35(5)22-24-36/h8,10-11,13-18,26H,6-7,9,12,19-25H2,1-5H3. The molecule has 4 rings (SSSR count). The molecule has 1 aromatic heterocycles. The highest BCUT2D eigenvalue weighted by Gasteiger charge is 2.27. The minimum absolute atomic E-state index is 0.104. The molecule has 1 aliphatic heterocycles. The number of carbonyl (C=O) groups excluding carboxylic acids is 1. The van der Waals surface area contributed by atoms with Gasteiger partial charge in [0.1, 0.15) is 5.82 Å². The van der Waals surface area contributed by atoms with Gasteiger partial charge in [-0.1, -0.05) is 63.9 Å². The molecule has 2 aromatic carbocycles. The molecule has 6 heteroatoms. The second-order valence-electron chi connectivity index (χ2n) is 11.5. The number of hydrogen-bond acceptors (Lipinski definition) is 4. The normalized spacial score (nSPS) is 14.3. The maximum atomic E-state index is 13.9. The molecule has 0 saturated carbocycles. The molecule has 0 atom stereocenters. The third-order valence-electron chi connectivity index (χ3n) is 7.84. The van der Waals surface area contributed by atoms with Crippen LogP contribution in [0.4, 0.5) is 5.82 Å². The molecule has 6 nitrogen and oxygen atoms in total. The Morgan fingerprint density at radius 2 is 1.67 bits per heavy atom. The lowest BCUT2D eigenvalue weighted by molar-refractivity contribution is 0.0735. The first kappa shape index (κ1) is 28.9. The first-order chi connectivity index (χ1) is 18.9. The maximum Gasteiger partial charge on any atom is 0.254 e. The summed E-state index contributed by atoms with van der Waals surface area (Å²) >= 11 is 0. The van der Waals surface area contributed by atoms with Gasteiger partial charge in [0, 0.05) is 43.9 Å². The summed E-state index contributed by atoms with van der Waals surface area (Å²) in [7, 11) is 2.18. The second-order valence-corrected chi connectivity index (χ2v) is 11.5. The van der Waals surface area contributed by atoms with Gasteiger partial charge >= 0.3 is 0 Å². The number of aryl methyl sites for hydroxylation is 2. The van der Waals surface area contributed by atoms with E-state index in [0.717, 1.165) is 73.9 Å². The van der Waals surface area contributed by atoms with Crippen LogP contribution >= 0.6 is 0 Å². The van der Waals surface area contributed by atoms with Crippen molar-refractivity contribution in [2.75, 3.05) is 44.7 Å². The van der Waals surface area contributed by atoms with E-state index in [-0.39, 0.29) is 5.91 Å². The number of carbonyl (C=O) groups is 1. The van der Waals surface area contributed by atoms with E-state index in [4.69, 9.17) is 5.10 Å². The number of unbranched alkanes of at least 4 members (excludes halogenated alkanes) is 2. The zero-order valence-corrected chi connectivity index (χ0v) is 24.7. The van der Waals surface area contributed by atoms with E-state index < -0.39 is 0 Å². The summed E-state index contributed by atoms with van der Waals surface area (Å²) in [6.07, 6.45) is 5.71. The average Bonchev–Trinajstić information content (AvgIpc) is 3.27. The third-order valence-corrected chi connectivity index (χ3v) is 7.84. The number of rotatable bonds is 12. The Balaban J connectivity index is 1.65. The molecule has 1 aliphatic rings. The fourth-order valence-corrected chi connectivity index (χ4v) is 5.26. The zero-order valence-electron chi connectivity index (χ0n) is 24.7. The van der Waals surface area contributed by atoms with Crippen LogP contribution in [0.1, 0.15) is 73.6 Å². The third kappa shape index (κ3) is 7.51. The fourth-order valence-electron chi connectivity index (χ4n) is 5.26. The number of benzene rings is 2. The molecular weight excluding hydrogens is 482 g/mol. The smallest absolute Gasteiger partial charge is 0.254 e. The van der Waals surface area contributed by atoms with Crippen molar-refractivity contribution in [2.24, 2.45) is 5.92 Å². The number of nitrogens with zero attached hydrogens (tertiary/aromatic N) is 5. The highest BCUT2D eigenvalue weighted by atomic mass is 16.2. The van der Waals surface area contributed by atoms with Crippen LogP contribution < -0.4 is 4.90 Å². The van der Waals surface area contributed by atoms with Crippen LogP contribution in [0.15, 0.2) is 54.6 Å². The SMILES string of the molecule is CCCCCc1ccc(C(=O)N(CCC(C)C)Cc2c(C)nn(-c3ccccc3)c2N2CCN(C)CC2)cc1. The molecule has 0 radical (unpaired) electrons. The molecule has 0 spiro atoms. The van der Waals surface area contributed by atoms with E-state index >= 15 is 0 Å². The number of para-hydroxylation sites is 1. The Kier molecular flexibility index (Phi) is 10.2. The van der Waals surface area contributed by atoms with E-state index in [1.165, 1.54) is 24.8 Å². The molecule has 210 valence electrons. The molecule has 0 unspecified atom stereocenters. The summed E-state index contributed by atoms with van der Waals surface area (Å²) in [4.78, 5) is 20.8. The number of amides is 1. The quantitative estimate of drug-likeness (QED) is 0.256. The lowest BCUT2D eigenvalue weighted by atomic mass is 10.0. The van der Waals surface area contributed by atoms with Crippen LogP contribution in [0.2, 0.25) is 0 Å². The summed E-state index contributed by atoms with van der Waals surface area (Å²) in [5.74, 6) is 1.75. The Bertz CT molecular complexity index is 1180. The Morgan fingerprint density at radius 3 is 2.31 bits per heavy atom. The number of anilines is 1. The van der Waals surface area contributed by atoms with Gasteiger partial charge in [0.2, 0.25) is 0 Å². The van der Waals surface area contributed by atoms with Gasteiger partial charge in [0.15, 0.2) is 0 Å². The molecule has 0 N–H and O–H groups in total. The van der Waals surface area contributed by atoms with Gasteiger partial charge in [-0.2, -0.15) is 5.10 Å². The van der Waals surface area contributed by atoms with Crippen molar-refractivity contribution in [3.05, 3.63) is 77.0 Å². The van der Waals surface area contributed by atoms with Crippen molar-refractivity contribution in [1.82, 2.24) is 19.6 Å². The molecule has 0 aliphatic carbocycles. The van der Waals surface area contributed by atoms with Crippen molar-refractivity contribution in [3.8, 4) is 5.69 Å². The van der Waals surface area contributed by atoms with E-state index in [0.29, 0.717) is 12.5 Å². The van der Waals surface area contributed by atoms with Crippen molar-refractivity contribution >= 4 is 11.7 Å². The number of aromatic nitrogens is 2. The average molecular weight is 530 g/mol. The summed E-state index contributed by atoms with van der Waals surface area (Å²) in [6.45, 7) is 14.0. The van der Waals surface area contributed by atoms with Gasteiger partial charge < -0.3 is 14.7 Å². The van der Waals surface area contributed by atoms with Crippen molar-refractivity contribution in [1.29, 1.82) is 0 Å². The molecule has 1 fully saturated rings. The summed E-state index contributed by atoms with van der Waals surface area (Å²) < 4.78 is 2.09. The molecule has 2 heterocycles. The zero-order chi connectivity index (χ0) is 27.8. The number of piperazine rings is 1. The molecular formula is C33H47N5O. The predicted octanol–water partition coefficient (Wildman–Crippen LogP) is 6.35. The van der Waals surface area contributed by atoms with Gasteiger partial charge in [-0.25, -0.2) is 4.68 Å². The first-order valence-corrected chi connectivity index (χ1v) is 14.8. The van der Waals surface area contributed by atoms with E-state index in [9.17, 15) is 4.79 Å². The summed E-state index contributed by atoms with van der Waals surface area (Å²) in [6, 6.07) is 18.7. The van der Waals surface area contributed by atoms with Gasteiger partial charge in [-0.05, 0) is 69.0 Å². The maximum absolute atomic E-state index is 13.9. The molecule has 39 heavy (non-hydrogen) atoms. The van der Waals surface area contributed by atoms with Gasteiger partial charge in [0.05, 0.1) is 17.9 Å². The van der Waals surface area contributed by atoms with Crippen LogP contribution in [0.25, 0.3) is 5.69 Å². The highest BCUT2D eigenvalue weighted by Crippen LogP contribution is 2.30. The Labute approximate surface area is 235 Å². The lowest BCUT2D eigenvalue weighted by Crippen LogP contribution is -2.45. The monoisotopic (exact) mass is 529 g/mol. The Morgan fingerprint density at radius 1 is 0.974 bits per heavy atom.